The smallest absolute Gasteiger partial charge is 0.160 e. The Morgan fingerprint density at radius 2 is 1.00 bits per heavy atom. The van der Waals surface area contributed by atoms with Gasteiger partial charge in [0.05, 0.1) is 11.2 Å². The summed E-state index contributed by atoms with van der Waals surface area (Å²) in [5.74, 6) is 0.598. The molecule has 3 heteroatoms. The normalized spacial score (nSPS) is 11.8. The standard InChI is InChI=1S/C50H37N3/c1-35(37-16-7-3-8-17-37)52-50(44-29-30-48-43(32-44)24-15-31-51-48)53-36(2)38-25-27-42(28-26-38)49-46(40-20-11-5-12-21-40)33-45(39-18-9-4-10-19-39)34-47(49)41-22-13-6-14-23-41/h3-34H,1H2,2H3/b52-50-,53-36+. The molecule has 0 saturated carbocycles. The summed E-state index contributed by atoms with van der Waals surface area (Å²) in [5, 5.41) is 1.03. The molecule has 0 atom stereocenters. The van der Waals surface area contributed by atoms with Crippen molar-refractivity contribution in [2.45, 2.75) is 6.92 Å². The second-order valence-electron chi connectivity index (χ2n) is 13.0. The first-order valence-corrected chi connectivity index (χ1v) is 17.8. The Morgan fingerprint density at radius 1 is 0.453 bits per heavy atom. The van der Waals surface area contributed by atoms with Gasteiger partial charge in [-0.25, -0.2) is 9.98 Å². The van der Waals surface area contributed by atoms with Gasteiger partial charge >= 0.3 is 0 Å². The van der Waals surface area contributed by atoms with E-state index in [9.17, 15) is 0 Å². The Labute approximate surface area is 311 Å². The molecule has 0 N–H and O–H groups in total. The molecule has 8 aromatic rings. The topological polar surface area (TPSA) is 37.6 Å². The summed E-state index contributed by atoms with van der Waals surface area (Å²) >= 11 is 0. The van der Waals surface area contributed by atoms with Crippen molar-refractivity contribution in [2.24, 2.45) is 9.98 Å². The molecule has 0 bridgehead atoms. The number of hydrogen-bond acceptors (Lipinski definition) is 2. The maximum atomic E-state index is 5.15. The van der Waals surface area contributed by atoms with Crippen LogP contribution in [0.3, 0.4) is 0 Å². The van der Waals surface area contributed by atoms with Crippen molar-refractivity contribution in [3.05, 3.63) is 218 Å². The molecule has 0 amide bonds. The molecule has 1 aromatic heterocycles. The molecule has 0 saturated heterocycles. The second kappa shape index (κ2) is 15.1. The van der Waals surface area contributed by atoms with Gasteiger partial charge in [0.25, 0.3) is 0 Å². The number of pyridine rings is 1. The zero-order valence-electron chi connectivity index (χ0n) is 29.5. The number of nitrogens with zero attached hydrogens (tertiary/aromatic N) is 3. The molecule has 8 rings (SSSR count). The summed E-state index contributed by atoms with van der Waals surface area (Å²) in [6.45, 7) is 6.34. The van der Waals surface area contributed by atoms with Crippen LogP contribution in [-0.4, -0.2) is 16.5 Å². The number of fused-ring (bicyclic) bond motifs is 1. The summed E-state index contributed by atoms with van der Waals surface area (Å²) in [6, 6.07) is 65.5. The van der Waals surface area contributed by atoms with Crippen molar-refractivity contribution in [3.8, 4) is 44.5 Å². The fraction of sp³-hybridized carbons (Fsp3) is 0.0200. The third kappa shape index (κ3) is 7.28. The minimum absolute atomic E-state index is 0.598. The Bertz CT molecular complexity index is 2530. The fourth-order valence-electron chi connectivity index (χ4n) is 6.73. The van der Waals surface area contributed by atoms with Crippen LogP contribution in [0, 0.1) is 0 Å². The van der Waals surface area contributed by atoms with Gasteiger partial charge < -0.3 is 0 Å². The van der Waals surface area contributed by atoms with Gasteiger partial charge in [-0.15, -0.1) is 0 Å². The SMILES string of the molecule is C=C(/N=C(\N=C(/C)c1ccc(-c2c(-c3ccccc3)cc(-c3ccccc3)cc2-c2ccccc2)cc1)c1ccc2ncccc2c1)c1ccccc1. The zero-order valence-corrected chi connectivity index (χ0v) is 29.5. The lowest BCUT2D eigenvalue weighted by Gasteiger charge is -2.19. The summed E-state index contributed by atoms with van der Waals surface area (Å²) in [7, 11) is 0. The monoisotopic (exact) mass is 679 g/mol. The largest absolute Gasteiger partial charge is 0.256 e. The van der Waals surface area contributed by atoms with Crippen LogP contribution in [0.4, 0.5) is 0 Å². The van der Waals surface area contributed by atoms with Crippen LogP contribution < -0.4 is 0 Å². The first-order chi connectivity index (χ1) is 26.1. The van der Waals surface area contributed by atoms with Gasteiger partial charge in [-0.1, -0.05) is 158 Å². The molecule has 7 aromatic carbocycles. The number of aliphatic imine (C=N–C) groups is 2. The average molecular weight is 680 g/mol. The number of aromatic nitrogens is 1. The molecule has 252 valence electrons. The molecule has 1 heterocycles. The Hall–Kier alpha value is -6.97. The van der Waals surface area contributed by atoms with E-state index in [0.717, 1.165) is 38.9 Å². The van der Waals surface area contributed by atoms with E-state index >= 15 is 0 Å². The van der Waals surface area contributed by atoms with Crippen LogP contribution in [0.1, 0.15) is 23.6 Å². The van der Waals surface area contributed by atoms with E-state index in [4.69, 9.17) is 9.98 Å². The van der Waals surface area contributed by atoms with Crippen LogP contribution in [0.5, 0.6) is 0 Å². The maximum Gasteiger partial charge on any atom is 0.160 e. The third-order valence-corrected chi connectivity index (χ3v) is 9.49. The average Bonchev–Trinajstić information content (AvgIpc) is 3.24. The predicted molar refractivity (Wildman–Crippen MR) is 224 cm³/mol. The lowest BCUT2D eigenvalue weighted by molar-refractivity contribution is 1.40. The highest BCUT2D eigenvalue weighted by atomic mass is 14.9. The highest BCUT2D eigenvalue weighted by Crippen LogP contribution is 2.43. The van der Waals surface area contributed by atoms with Gasteiger partial charge in [-0.05, 0) is 99.0 Å². The van der Waals surface area contributed by atoms with Crippen molar-refractivity contribution in [1.82, 2.24) is 4.98 Å². The van der Waals surface area contributed by atoms with Gasteiger partial charge in [0.1, 0.15) is 0 Å². The van der Waals surface area contributed by atoms with E-state index < -0.39 is 0 Å². The molecule has 3 nitrogen and oxygen atoms in total. The number of hydrogen-bond donors (Lipinski definition) is 0. The number of rotatable bonds is 8. The molecule has 0 radical (unpaired) electrons. The zero-order chi connectivity index (χ0) is 36.0. The van der Waals surface area contributed by atoms with Crippen molar-refractivity contribution in [3.63, 3.8) is 0 Å². The second-order valence-corrected chi connectivity index (χ2v) is 13.0. The van der Waals surface area contributed by atoms with Gasteiger partial charge in [-0.3, -0.25) is 4.98 Å². The van der Waals surface area contributed by atoms with Gasteiger partial charge in [0.15, 0.2) is 5.84 Å². The van der Waals surface area contributed by atoms with Crippen molar-refractivity contribution < 1.29 is 0 Å². The minimum Gasteiger partial charge on any atom is -0.256 e. The fourth-order valence-corrected chi connectivity index (χ4v) is 6.73. The molecule has 0 unspecified atom stereocenters. The Kier molecular flexibility index (Phi) is 9.46. The van der Waals surface area contributed by atoms with E-state index in [1.165, 1.54) is 38.9 Å². The van der Waals surface area contributed by atoms with E-state index in [0.29, 0.717) is 11.5 Å². The first kappa shape index (κ1) is 33.2. The molecule has 0 aliphatic carbocycles. The van der Waals surface area contributed by atoms with Crippen molar-refractivity contribution in [1.29, 1.82) is 0 Å². The van der Waals surface area contributed by atoms with Crippen molar-refractivity contribution in [2.75, 3.05) is 0 Å². The van der Waals surface area contributed by atoms with Crippen LogP contribution in [0.15, 0.2) is 211 Å². The van der Waals surface area contributed by atoms with Crippen LogP contribution in [-0.2, 0) is 0 Å². The van der Waals surface area contributed by atoms with Gasteiger partial charge in [0.2, 0.25) is 0 Å². The number of benzene rings is 7. The number of amidine groups is 1. The van der Waals surface area contributed by atoms with E-state index in [1.54, 1.807) is 0 Å². The van der Waals surface area contributed by atoms with Crippen LogP contribution in [0.2, 0.25) is 0 Å². The highest BCUT2D eigenvalue weighted by molar-refractivity contribution is 6.13. The Morgan fingerprint density at radius 3 is 1.60 bits per heavy atom. The summed E-state index contributed by atoms with van der Waals surface area (Å²) in [4.78, 5) is 14.7. The molecular weight excluding hydrogens is 643 g/mol. The molecule has 0 spiro atoms. The van der Waals surface area contributed by atoms with Gasteiger partial charge in [0, 0.05) is 22.9 Å². The first-order valence-electron chi connectivity index (χ1n) is 17.8. The van der Waals surface area contributed by atoms with E-state index in [1.807, 2.05) is 61.7 Å². The van der Waals surface area contributed by atoms with Crippen molar-refractivity contribution >= 4 is 28.1 Å². The van der Waals surface area contributed by atoms with Crippen LogP contribution >= 0.6 is 0 Å². The molecule has 0 fully saturated rings. The molecule has 0 aliphatic rings. The summed E-state index contributed by atoms with van der Waals surface area (Å²) < 4.78 is 0. The summed E-state index contributed by atoms with van der Waals surface area (Å²) in [5.41, 5.74) is 14.7. The lowest BCUT2D eigenvalue weighted by Crippen LogP contribution is -2.04. The quantitative estimate of drug-likeness (QED) is 0.116. The lowest BCUT2D eigenvalue weighted by atomic mass is 9.84. The third-order valence-electron chi connectivity index (χ3n) is 9.49. The molecular formula is C50H37N3. The molecule has 53 heavy (non-hydrogen) atoms. The maximum absolute atomic E-state index is 5.15. The van der Waals surface area contributed by atoms with E-state index in [-0.39, 0.29) is 0 Å². The highest BCUT2D eigenvalue weighted by Gasteiger charge is 2.17. The molecule has 0 aliphatic heterocycles. The Balaban J connectivity index is 1.24. The van der Waals surface area contributed by atoms with Gasteiger partial charge in [-0.2, -0.15) is 0 Å². The summed E-state index contributed by atoms with van der Waals surface area (Å²) in [6.07, 6.45) is 1.81. The predicted octanol–water partition coefficient (Wildman–Crippen LogP) is 12.8. The van der Waals surface area contributed by atoms with Crippen LogP contribution in [0.25, 0.3) is 61.1 Å². The minimum atomic E-state index is 0.598. The van der Waals surface area contributed by atoms with E-state index in [2.05, 4.69) is 151 Å².